The van der Waals surface area contributed by atoms with Gasteiger partial charge in [-0.1, -0.05) is 70.9 Å². The minimum absolute atomic E-state index is 0.300. The second-order valence-corrected chi connectivity index (χ2v) is 5.67. The Balaban J connectivity index is 3.00. The Morgan fingerprint density at radius 3 is 2.11 bits per heavy atom. The van der Waals surface area contributed by atoms with Crippen LogP contribution in [-0.4, -0.2) is 13.1 Å². The van der Waals surface area contributed by atoms with Crippen molar-refractivity contribution in [2.75, 3.05) is 13.1 Å². The first-order chi connectivity index (χ1) is 9.22. The Bertz CT molecular complexity index is 329. The number of rotatable bonds is 9. The Labute approximate surface area is 119 Å². The Morgan fingerprint density at radius 2 is 1.63 bits per heavy atom. The Morgan fingerprint density at radius 1 is 1.00 bits per heavy atom. The van der Waals surface area contributed by atoms with Gasteiger partial charge in [-0.05, 0) is 30.9 Å². The van der Waals surface area contributed by atoms with Crippen molar-refractivity contribution in [3.8, 4) is 0 Å². The summed E-state index contributed by atoms with van der Waals surface area (Å²) in [5.74, 6) is 0.832. The number of hydrogen-bond donors (Lipinski definition) is 1. The number of hydrogen-bond acceptors (Lipinski definition) is 1. The lowest BCUT2D eigenvalue weighted by molar-refractivity contribution is 0.281. The summed E-state index contributed by atoms with van der Waals surface area (Å²) < 4.78 is 0. The second kappa shape index (κ2) is 8.37. The number of benzene rings is 1. The van der Waals surface area contributed by atoms with Gasteiger partial charge in [-0.2, -0.15) is 0 Å². The van der Waals surface area contributed by atoms with Crippen LogP contribution in [0.3, 0.4) is 0 Å². The molecule has 0 fully saturated rings. The highest BCUT2D eigenvalue weighted by atomic mass is 14.9. The van der Waals surface area contributed by atoms with Gasteiger partial charge in [-0.25, -0.2) is 0 Å². The standard InChI is InChI=1S/C18H31N/c1-5-16(6-2)14-18(7-3,15-19-8-4)17-12-10-9-11-13-17/h9-13,16,19H,5-8,14-15H2,1-4H3. The molecule has 0 spiro atoms. The minimum Gasteiger partial charge on any atom is -0.316 e. The second-order valence-electron chi connectivity index (χ2n) is 5.67. The van der Waals surface area contributed by atoms with E-state index in [2.05, 4.69) is 63.3 Å². The zero-order valence-electron chi connectivity index (χ0n) is 13.2. The molecule has 1 atom stereocenters. The lowest BCUT2D eigenvalue weighted by Gasteiger charge is -2.37. The predicted molar refractivity (Wildman–Crippen MR) is 85.6 cm³/mol. The predicted octanol–water partition coefficient (Wildman–Crippen LogP) is 4.77. The van der Waals surface area contributed by atoms with Gasteiger partial charge in [0.2, 0.25) is 0 Å². The molecule has 0 aliphatic heterocycles. The van der Waals surface area contributed by atoms with Crippen LogP contribution in [0.25, 0.3) is 0 Å². The highest BCUT2D eigenvalue weighted by Gasteiger charge is 2.31. The molecule has 1 aromatic rings. The third-order valence-corrected chi connectivity index (χ3v) is 4.61. The van der Waals surface area contributed by atoms with E-state index in [1.165, 1.54) is 31.2 Å². The fourth-order valence-electron chi connectivity index (χ4n) is 3.05. The normalized spacial score (nSPS) is 14.6. The van der Waals surface area contributed by atoms with Gasteiger partial charge in [0.25, 0.3) is 0 Å². The first kappa shape index (κ1) is 16.2. The topological polar surface area (TPSA) is 12.0 Å². The van der Waals surface area contributed by atoms with E-state index in [1.54, 1.807) is 0 Å². The first-order valence-corrected chi connectivity index (χ1v) is 7.98. The van der Waals surface area contributed by atoms with Crippen molar-refractivity contribution in [2.45, 2.75) is 58.8 Å². The molecule has 108 valence electrons. The fraction of sp³-hybridized carbons (Fsp3) is 0.667. The summed E-state index contributed by atoms with van der Waals surface area (Å²) in [5.41, 5.74) is 1.80. The lowest BCUT2D eigenvalue weighted by Crippen LogP contribution is -2.39. The third kappa shape index (κ3) is 4.35. The molecule has 1 aromatic carbocycles. The fourth-order valence-corrected chi connectivity index (χ4v) is 3.05. The van der Waals surface area contributed by atoms with Crippen LogP contribution in [-0.2, 0) is 5.41 Å². The van der Waals surface area contributed by atoms with Crippen LogP contribution in [0.4, 0.5) is 0 Å². The van der Waals surface area contributed by atoms with Crippen molar-refractivity contribution >= 4 is 0 Å². The monoisotopic (exact) mass is 261 g/mol. The lowest BCUT2D eigenvalue weighted by atomic mass is 9.70. The van der Waals surface area contributed by atoms with Crippen molar-refractivity contribution in [1.82, 2.24) is 5.32 Å². The zero-order chi connectivity index (χ0) is 14.1. The van der Waals surface area contributed by atoms with Gasteiger partial charge >= 0.3 is 0 Å². The van der Waals surface area contributed by atoms with E-state index < -0.39 is 0 Å². The minimum atomic E-state index is 0.300. The summed E-state index contributed by atoms with van der Waals surface area (Å²) in [5, 5.41) is 3.59. The molecule has 19 heavy (non-hydrogen) atoms. The molecule has 0 heterocycles. The molecule has 0 aromatic heterocycles. The van der Waals surface area contributed by atoms with Gasteiger partial charge in [0, 0.05) is 12.0 Å². The maximum Gasteiger partial charge on any atom is 0.00777 e. The van der Waals surface area contributed by atoms with Crippen molar-refractivity contribution in [3.05, 3.63) is 35.9 Å². The van der Waals surface area contributed by atoms with E-state index >= 15 is 0 Å². The molecular formula is C18H31N. The average Bonchev–Trinajstić information content (AvgIpc) is 2.49. The van der Waals surface area contributed by atoms with Gasteiger partial charge < -0.3 is 5.32 Å². The van der Waals surface area contributed by atoms with Gasteiger partial charge in [-0.3, -0.25) is 0 Å². The summed E-state index contributed by atoms with van der Waals surface area (Å²) in [6.45, 7) is 11.3. The largest absolute Gasteiger partial charge is 0.316 e. The van der Waals surface area contributed by atoms with Crippen LogP contribution in [0.15, 0.2) is 30.3 Å². The molecule has 0 amide bonds. The van der Waals surface area contributed by atoms with E-state index in [-0.39, 0.29) is 0 Å². The van der Waals surface area contributed by atoms with Crippen LogP contribution in [0.1, 0.15) is 58.9 Å². The Kier molecular flexibility index (Phi) is 7.15. The molecule has 1 nitrogen and oxygen atoms in total. The van der Waals surface area contributed by atoms with E-state index in [4.69, 9.17) is 0 Å². The number of nitrogens with one attached hydrogen (secondary N) is 1. The summed E-state index contributed by atoms with van der Waals surface area (Å²) in [4.78, 5) is 0. The maximum absolute atomic E-state index is 3.59. The summed E-state index contributed by atoms with van der Waals surface area (Å²) in [6.07, 6.45) is 5.09. The molecule has 0 aliphatic rings. The van der Waals surface area contributed by atoms with Gasteiger partial charge in [-0.15, -0.1) is 0 Å². The molecule has 0 saturated heterocycles. The highest BCUT2D eigenvalue weighted by Crippen LogP contribution is 2.36. The first-order valence-electron chi connectivity index (χ1n) is 7.98. The SMILES string of the molecule is CCNCC(CC)(CC(CC)CC)c1ccccc1. The molecule has 1 unspecified atom stereocenters. The van der Waals surface area contributed by atoms with E-state index in [0.717, 1.165) is 19.0 Å². The molecule has 1 rings (SSSR count). The van der Waals surface area contributed by atoms with Crippen molar-refractivity contribution in [3.63, 3.8) is 0 Å². The van der Waals surface area contributed by atoms with Crippen LogP contribution < -0.4 is 5.32 Å². The summed E-state index contributed by atoms with van der Waals surface area (Å²) >= 11 is 0. The molecular weight excluding hydrogens is 230 g/mol. The Hall–Kier alpha value is -0.820. The van der Waals surface area contributed by atoms with E-state index in [0.29, 0.717) is 5.41 Å². The van der Waals surface area contributed by atoms with Gasteiger partial charge in [0.05, 0.1) is 0 Å². The van der Waals surface area contributed by atoms with Crippen LogP contribution in [0.5, 0.6) is 0 Å². The van der Waals surface area contributed by atoms with Crippen LogP contribution in [0.2, 0.25) is 0 Å². The number of likely N-dealkylation sites (N-methyl/N-ethyl adjacent to an activating group) is 1. The van der Waals surface area contributed by atoms with E-state index in [1.807, 2.05) is 0 Å². The molecule has 0 aliphatic carbocycles. The molecule has 0 saturated carbocycles. The van der Waals surface area contributed by atoms with Crippen LogP contribution >= 0.6 is 0 Å². The van der Waals surface area contributed by atoms with Gasteiger partial charge in [0.15, 0.2) is 0 Å². The molecule has 0 radical (unpaired) electrons. The summed E-state index contributed by atoms with van der Waals surface area (Å²) in [6, 6.07) is 11.1. The maximum atomic E-state index is 3.59. The van der Waals surface area contributed by atoms with Crippen molar-refractivity contribution < 1.29 is 0 Å². The average molecular weight is 261 g/mol. The molecule has 1 heteroatoms. The summed E-state index contributed by atoms with van der Waals surface area (Å²) in [7, 11) is 0. The highest BCUT2D eigenvalue weighted by molar-refractivity contribution is 5.26. The van der Waals surface area contributed by atoms with Crippen molar-refractivity contribution in [2.24, 2.45) is 5.92 Å². The van der Waals surface area contributed by atoms with Crippen molar-refractivity contribution in [1.29, 1.82) is 0 Å². The molecule has 0 bridgehead atoms. The third-order valence-electron chi connectivity index (χ3n) is 4.61. The quantitative estimate of drug-likeness (QED) is 0.675. The smallest absolute Gasteiger partial charge is 0.00777 e. The van der Waals surface area contributed by atoms with Crippen LogP contribution in [0, 0.1) is 5.92 Å². The molecule has 1 N–H and O–H groups in total. The van der Waals surface area contributed by atoms with E-state index in [9.17, 15) is 0 Å². The van der Waals surface area contributed by atoms with Gasteiger partial charge in [0.1, 0.15) is 0 Å². The zero-order valence-corrected chi connectivity index (χ0v) is 13.2.